The Morgan fingerprint density at radius 1 is 0.760 bits per heavy atom. The Morgan fingerprint density at radius 2 is 1.32 bits per heavy atom. The fourth-order valence-corrected chi connectivity index (χ4v) is 2.76. The van der Waals surface area contributed by atoms with Crippen LogP contribution in [0.4, 0.5) is 0 Å². The number of hydrogen-bond donors (Lipinski definition) is 0. The average molecular weight is 340 g/mol. The highest BCUT2D eigenvalue weighted by Gasteiger charge is 2.14. The Bertz CT molecular complexity index is 581. The van der Waals surface area contributed by atoms with Crippen LogP contribution in [0.15, 0.2) is 54.6 Å². The Balaban J connectivity index is 0.00000151. The minimum atomic E-state index is 0.375. The summed E-state index contributed by atoms with van der Waals surface area (Å²) >= 11 is 0. The van der Waals surface area contributed by atoms with E-state index < -0.39 is 0 Å². The minimum Gasteiger partial charge on any atom is -0.295 e. The number of hydrogen-bond acceptors (Lipinski definition) is 1. The molecule has 0 atom stereocenters. The Morgan fingerprint density at radius 3 is 1.92 bits per heavy atom. The van der Waals surface area contributed by atoms with Crippen LogP contribution in [0.2, 0.25) is 0 Å². The van der Waals surface area contributed by atoms with Crippen molar-refractivity contribution in [3.05, 3.63) is 71.3 Å². The van der Waals surface area contributed by atoms with Crippen molar-refractivity contribution in [1.29, 1.82) is 0 Å². The van der Waals surface area contributed by atoms with Crippen molar-refractivity contribution in [1.82, 2.24) is 4.90 Å². The molecule has 2 rings (SSSR count). The molecule has 1 nitrogen and oxygen atoms in total. The van der Waals surface area contributed by atoms with E-state index in [1.807, 2.05) is 13.8 Å². The van der Waals surface area contributed by atoms with E-state index in [1.54, 1.807) is 0 Å². The topological polar surface area (TPSA) is 3.24 Å². The number of aryl methyl sites for hydroxylation is 1. The molecule has 138 valence electrons. The van der Waals surface area contributed by atoms with E-state index >= 15 is 0 Å². The maximum atomic E-state index is 2.58. The number of nitrogens with zero attached hydrogens (tertiary/aromatic N) is 1. The third-order valence-corrected chi connectivity index (χ3v) is 4.23. The highest BCUT2D eigenvalue weighted by Crippen LogP contribution is 2.21. The second-order valence-electron chi connectivity index (χ2n) is 7.68. The minimum absolute atomic E-state index is 0.375. The van der Waals surface area contributed by atoms with Gasteiger partial charge in [-0.15, -0.1) is 0 Å². The van der Waals surface area contributed by atoms with E-state index in [9.17, 15) is 0 Å². The lowest BCUT2D eigenvalue weighted by Crippen LogP contribution is -2.27. The second-order valence-corrected chi connectivity index (χ2v) is 7.68. The zero-order chi connectivity index (χ0) is 18.7. The predicted molar refractivity (Wildman–Crippen MR) is 112 cm³/mol. The SMILES string of the molecule is CC.CCc1cccc(CN(CCC(C)(C)C)Cc2ccccc2)c1. The fourth-order valence-electron chi connectivity index (χ4n) is 2.76. The molecule has 0 fully saturated rings. The van der Waals surface area contributed by atoms with Gasteiger partial charge in [-0.05, 0) is 41.5 Å². The largest absolute Gasteiger partial charge is 0.295 e. The van der Waals surface area contributed by atoms with Crippen LogP contribution in [0.5, 0.6) is 0 Å². The maximum Gasteiger partial charge on any atom is 0.0237 e. The fraction of sp³-hybridized carbons (Fsp3) is 0.500. The second kappa shape index (κ2) is 11.1. The van der Waals surface area contributed by atoms with Gasteiger partial charge in [-0.25, -0.2) is 0 Å². The van der Waals surface area contributed by atoms with Crippen LogP contribution in [0.1, 0.15) is 64.7 Å². The van der Waals surface area contributed by atoms with Crippen molar-refractivity contribution in [3.63, 3.8) is 0 Å². The lowest BCUT2D eigenvalue weighted by molar-refractivity contribution is 0.213. The molecule has 0 aliphatic heterocycles. The van der Waals surface area contributed by atoms with Crippen molar-refractivity contribution in [2.75, 3.05) is 6.54 Å². The summed E-state index contributed by atoms with van der Waals surface area (Å²) in [5, 5.41) is 0. The van der Waals surface area contributed by atoms with Gasteiger partial charge in [0.1, 0.15) is 0 Å². The first-order valence-corrected chi connectivity index (χ1v) is 9.80. The average Bonchev–Trinajstić information content (AvgIpc) is 2.62. The molecule has 0 aliphatic rings. The number of benzene rings is 2. The van der Waals surface area contributed by atoms with Crippen LogP contribution in [-0.4, -0.2) is 11.4 Å². The predicted octanol–water partition coefficient (Wildman–Crippen LogP) is 6.71. The van der Waals surface area contributed by atoms with Crippen molar-refractivity contribution in [2.45, 2.75) is 67.5 Å². The molecule has 0 saturated carbocycles. The van der Waals surface area contributed by atoms with Crippen molar-refractivity contribution in [2.24, 2.45) is 5.41 Å². The zero-order valence-corrected chi connectivity index (χ0v) is 17.2. The summed E-state index contributed by atoms with van der Waals surface area (Å²) in [5.74, 6) is 0. The molecule has 0 heterocycles. The molecule has 0 aliphatic carbocycles. The lowest BCUT2D eigenvalue weighted by Gasteiger charge is -2.27. The molecular weight excluding hydrogens is 302 g/mol. The molecule has 0 bridgehead atoms. The normalized spacial score (nSPS) is 11.2. The van der Waals surface area contributed by atoms with Gasteiger partial charge in [-0.1, -0.05) is 96.1 Å². The van der Waals surface area contributed by atoms with E-state index in [1.165, 1.54) is 23.1 Å². The molecule has 0 saturated heterocycles. The first-order valence-electron chi connectivity index (χ1n) is 9.80. The first kappa shape index (κ1) is 21.4. The number of rotatable bonds is 7. The molecule has 0 radical (unpaired) electrons. The first-order chi connectivity index (χ1) is 12.0. The van der Waals surface area contributed by atoms with Gasteiger partial charge in [-0.3, -0.25) is 4.90 Å². The lowest BCUT2D eigenvalue weighted by atomic mass is 9.92. The molecule has 25 heavy (non-hydrogen) atoms. The monoisotopic (exact) mass is 339 g/mol. The van der Waals surface area contributed by atoms with Gasteiger partial charge in [0.15, 0.2) is 0 Å². The van der Waals surface area contributed by atoms with Crippen molar-refractivity contribution in [3.8, 4) is 0 Å². The highest BCUT2D eigenvalue weighted by atomic mass is 15.1. The molecule has 0 N–H and O–H groups in total. The molecule has 2 aromatic rings. The Hall–Kier alpha value is -1.60. The van der Waals surface area contributed by atoms with Gasteiger partial charge in [0.2, 0.25) is 0 Å². The van der Waals surface area contributed by atoms with Crippen LogP contribution >= 0.6 is 0 Å². The highest BCUT2D eigenvalue weighted by molar-refractivity contribution is 5.23. The summed E-state index contributed by atoms with van der Waals surface area (Å²) in [7, 11) is 0. The molecule has 1 heteroatoms. The van der Waals surface area contributed by atoms with Gasteiger partial charge >= 0.3 is 0 Å². The maximum absolute atomic E-state index is 2.58. The quantitative estimate of drug-likeness (QED) is 0.541. The summed E-state index contributed by atoms with van der Waals surface area (Å²) in [6.07, 6.45) is 2.32. The van der Waals surface area contributed by atoms with Crippen molar-refractivity contribution < 1.29 is 0 Å². The third-order valence-electron chi connectivity index (χ3n) is 4.23. The summed E-state index contributed by atoms with van der Waals surface area (Å²) in [6.45, 7) is 16.4. The Labute approximate surface area is 156 Å². The van der Waals surface area contributed by atoms with E-state index in [2.05, 4.69) is 87.2 Å². The molecule has 0 amide bonds. The van der Waals surface area contributed by atoms with Gasteiger partial charge < -0.3 is 0 Å². The summed E-state index contributed by atoms with van der Waals surface area (Å²) < 4.78 is 0. The van der Waals surface area contributed by atoms with Gasteiger partial charge in [0.25, 0.3) is 0 Å². The molecule has 0 aromatic heterocycles. The van der Waals surface area contributed by atoms with Gasteiger partial charge in [0, 0.05) is 13.1 Å². The van der Waals surface area contributed by atoms with Crippen LogP contribution in [0.25, 0.3) is 0 Å². The standard InChI is InChI=1S/C22H31N.C2H6/c1-5-19-12-9-13-21(16-19)18-23(15-14-22(2,3)4)17-20-10-7-6-8-11-20;1-2/h6-13,16H,5,14-15,17-18H2,1-4H3;1-2H3. The van der Waals surface area contributed by atoms with Crippen LogP contribution in [0.3, 0.4) is 0 Å². The van der Waals surface area contributed by atoms with Crippen LogP contribution in [-0.2, 0) is 19.5 Å². The summed E-state index contributed by atoms with van der Waals surface area (Å²) in [4.78, 5) is 2.58. The summed E-state index contributed by atoms with van der Waals surface area (Å²) in [6, 6.07) is 19.8. The van der Waals surface area contributed by atoms with Crippen LogP contribution < -0.4 is 0 Å². The van der Waals surface area contributed by atoms with Gasteiger partial charge in [0.05, 0.1) is 0 Å². The van der Waals surface area contributed by atoms with Crippen LogP contribution in [0, 0.1) is 5.41 Å². The zero-order valence-electron chi connectivity index (χ0n) is 17.2. The van der Waals surface area contributed by atoms with Gasteiger partial charge in [-0.2, -0.15) is 0 Å². The van der Waals surface area contributed by atoms with E-state index in [-0.39, 0.29) is 0 Å². The van der Waals surface area contributed by atoms with E-state index in [0.717, 1.165) is 26.1 Å². The van der Waals surface area contributed by atoms with Crippen molar-refractivity contribution >= 4 is 0 Å². The molecule has 0 spiro atoms. The molecular formula is C24H37N. The molecule has 2 aromatic carbocycles. The third kappa shape index (κ3) is 8.88. The smallest absolute Gasteiger partial charge is 0.0237 e. The Kier molecular flexibility index (Phi) is 9.52. The molecule has 0 unspecified atom stereocenters. The summed E-state index contributed by atoms with van der Waals surface area (Å²) in [5.41, 5.74) is 4.63. The van der Waals surface area contributed by atoms with E-state index in [0.29, 0.717) is 5.41 Å². The van der Waals surface area contributed by atoms with E-state index in [4.69, 9.17) is 0 Å².